The molecule has 0 aromatic heterocycles. The van der Waals surface area contributed by atoms with E-state index in [0.29, 0.717) is 17.2 Å². The number of allylic oxidation sites excluding steroid dienone is 1. The third kappa shape index (κ3) is 4.30. The molecule has 0 aliphatic carbocycles. The minimum Gasteiger partial charge on any atom is -0.494 e. The molecule has 2 rings (SSSR count). The van der Waals surface area contributed by atoms with E-state index in [2.05, 4.69) is 16.1 Å². The van der Waals surface area contributed by atoms with Crippen LogP contribution < -0.4 is 10.1 Å². The van der Waals surface area contributed by atoms with Gasteiger partial charge in [0.2, 0.25) is 5.91 Å². The summed E-state index contributed by atoms with van der Waals surface area (Å²) in [7, 11) is 1.30. The lowest BCUT2D eigenvalue weighted by molar-refractivity contribution is -0.137. The van der Waals surface area contributed by atoms with Crippen molar-refractivity contribution in [3.05, 3.63) is 40.4 Å². The van der Waals surface area contributed by atoms with Gasteiger partial charge in [-0.1, -0.05) is 23.9 Å². The zero-order chi connectivity index (χ0) is 17.5. The van der Waals surface area contributed by atoms with Crippen molar-refractivity contribution in [1.29, 1.82) is 5.26 Å². The third-order valence-corrected chi connectivity index (χ3v) is 4.50. The summed E-state index contributed by atoms with van der Waals surface area (Å²) in [6.07, 6.45) is 0.194. The molecule has 126 valence electrons. The monoisotopic (exact) mass is 346 g/mol. The first-order valence-electron chi connectivity index (χ1n) is 7.45. The van der Waals surface area contributed by atoms with Crippen LogP contribution in [0.25, 0.3) is 0 Å². The molecule has 0 bridgehead atoms. The molecule has 1 heterocycles. The van der Waals surface area contributed by atoms with Gasteiger partial charge in [0.15, 0.2) is 0 Å². The fourth-order valence-electron chi connectivity index (χ4n) is 2.37. The highest BCUT2D eigenvalue weighted by molar-refractivity contribution is 8.03. The lowest BCUT2D eigenvalue weighted by atomic mass is 9.87. The van der Waals surface area contributed by atoms with Gasteiger partial charge < -0.3 is 14.8 Å². The maximum absolute atomic E-state index is 12.0. The van der Waals surface area contributed by atoms with Gasteiger partial charge in [0.05, 0.1) is 36.1 Å². The average Bonchev–Trinajstić information content (AvgIpc) is 2.60. The molecule has 0 saturated heterocycles. The van der Waals surface area contributed by atoms with E-state index >= 15 is 0 Å². The van der Waals surface area contributed by atoms with Crippen LogP contribution in [-0.4, -0.2) is 31.3 Å². The molecule has 0 saturated carbocycles. The van der Waals surface area contributed by atoms with Gasteiger partial charge in [-0.15, -0.1) is 0 Å². The number of carbonyl (C=O) groups is 2. The molecule has 7 heteroatoms. The van der Waals surface area contributed by atoms with Crippen molar-refractivity contribution in [3.63, 3.8) is 0 Å². The summed E-state index contributed by atoms with van der Waals surface area (Å²) < 4.78 is 10.0. The molecule has 1 amide bonds. The minimum atomic E-state index is -0.415. The fourth-order valence-corrected chi connectivity index (χ4v) is 3.28. The quantitative estimate of drug-likeness (QED) is 0.795. The second-order valence-electron chi connectivity index (χ2n) is 5.03. The Labute approximate surface area is 144 Å². The van der Waals surface area contributed by atoms with E-state index in [1.807, 2.05) is 31.2 Å². The molecule has 1 N–H and O–H groups in total. The lowest BCUT2D eigenvalue weighted by Gasteiger charge is -2.25. The van der Waals surface area contributed by atoms with Crippen LogP contribution in [0.15, 0.2) is 34.9 Å². The van der Waals surface area contributed by atoms with Crippen molar-refractivity contribution in [2.24, 2.45) is 0 Å². The summed E-state index contributed by atoms with van der Waals surface area (Å²) in [5.41, 5.74) is 1.31. The smallest absolute Gasteiger partial charge is 0.316 e. The Balaban J connectivity index is 2.28. The average molecular weight is 346 g/mol. The Morgan fingerprint density at radius 2 is 2.12 bits per heavy atom. The van der Waals surface area contributed by atoms with Crippen molar-refractivity contribution in [2.45, 2.75) is 19.3 Å². The molecule has 1 aliphatic rings. The van der Waals surface area contributed by atoms with Gasteiger partial charge in [-0.05, 0) is 24.6 Å². The van der Waals surface area contributed by atoms with Crippen molar-refractivity contribution in [2.75, 3.05) is 19.5 Å². The van der Waals surface area contributed by atoms with E-state index in [1.54, 1.807) is 0 Å². The van der Waals surface area contributed by atoms with Crippen molar-refractivity contribution < 1.29 is 19.1 Å². The second-order valence-corrected chi connectivity index (χ2v) is 6.01. The van der Waals surface area contributed by atoms with E-state index in [4.69, 9.17) is 4.74 Å². The molecule has 24 heavy (non-hydrogen) atoms. The highest BCUT2D eigenvalue weighted by Crippen LogP contribution is 2.36. The van der Waals surface area contributed by atoms with Gasteiger partial charge in [0.1, 0.15) is 5.75 Å². The maximum atomic E-state index is 12.0. The number of hydrogen-bond donors (Lipinski definition) is 1. The molecule has 0 unspecified atom stereocenters. The first kappa shape index (κ1) is 17.9. The Bertz CT molecular complexity index is 692. The molecular formula is C17H18N2O4S. The first-order valence-corrected chi connectivity index (χ1v) is 8.44. The number of rotatable bonds is 6. The number of methoxy groups -OCH3 is 1. The number of thioether (sulfide) groups is 1. The summed E-state index contributed by atoms with van der Waals surface area (Å²) in [6.45, 7) is 2.48. The summed E-state index contributed by atoms with van der Waals surface area (Å²) >= 11 is 1.10. The van der Waals surface area contributed by atoms with Crippen LogP contribution in [0.5, 0.6) is 5.75 Å². The van der Waals surface area contributed by atoms with E-state index in [-0.39, 0.29) is 24.0 Å². The van der Waals surface area contributed by atoms with E-state index in [1.165, 1.54) is 7.11 Å². The number of nitrogens with zero attached hydrogens (tertiary/aromatic N) is 1. The standard InChI is InChI=1S/C17H18N2O4S/c1-3-23-12-6-4-11(5-7-12)13-8-15(20)19-17(14(13)9-18)24-10-16(21)22-2/h4-7,13H,3,8,10H2,1-2H3,(H,19,20)/t13-/m1/s1. The first-order chi connectivity index (χ1) is 11.6. The lowest BCUT2D eigenvalue weighted by Crippen LogP contribution is -2.31. The van der Waals surface area contributed by atoms with Crippen molar-refractivity contribution >= 4 is 23.6 Å². The molecule has 0 radical (unpaired) electrons. The van der Waals surface area contributed by atoms with E-state index in [9.17, 15) is 14.9 Å². The number of amides is 1. The zero-order valence-corrected chi connectivity index (χ0v) is 14.3. The molecule has 1 aliphatic heterocycles. The number of benzene rings is 1. The SMILES string of the molecule is CCOc1ccc([C@H]2CC(=O)NC(SCC(=O)OC)=C2C#N)cc1. The third-order valence-electron chi connectivity index (χ3n) is 3.51. The molecular weight excluding hydrogens is 328 g/mol. The molecule has 1 atom stereocenters. The van der Waals surface area contributed by atoms with Crippen molar-refractivity contribution in [3.8, 4) is 11.8 Å². The van der Waals surface area contributed by atoms with Crippen LogP contribution in [0.1, 0.15) is 24.8 Å². The van der Waals surface area contributed by atoms with Crippen molar-refractivity contribution in [1.82, 2.24) is 5.32 Å². The number of nitriles is 1. The van der Waals surface area contributed by atoms with Gasteiger partial charge in [-0.3, -0.25) is 9.59 Å². The predicted molar refractivity (Wildman–Crippen MR) is 90.2 cm³/mol. The fraction of sp³-hybridized carbons (Fsp3) is 0.353. The highest BCUT2D eigenvalue weighted by atomic mass is 32.2. The highest BCUT2D eigenvalue weighted by Gasteiger charge is 2.29. The van der Waals surface area contributed by atoms with Crippen LogP contribution in [0.4, 0.5) is 0 Å². The number of ether oxygens (including phenoxy) is 2. The second kappa shape index (κ2) is 8.41. The summed E-state index contributed by atoms with van der Waals surface area (Å²) in [4.78, 5) is 23.3. The number of esters is 1. The van der Waals surface area contributed by atoms with E-state index < -0.39 is 5.97 Å². The Kier molecular flexibility index (Phi) is 6.27. The Morgan fingerprint density at radius 1 is 1.42 bits per heavy atom. The van der Waals surface area contributed by atoms with Gasteiger partial charge in [0.25, 0.3) is 0 Å². The van der Waals surface area contributed by atoms with Gasteiger partial charge in [-0.2, -0.15) is 5.26 Å². The normalized spacial score (nSPS) is 17.0. The molecule has 1 aromatic carbocycles. The topological polar surface area (TPSA) is 88.4 Å². The Hall–Kier alpha value is -2.46. The van der Waals surface area contributed by atoms with Crippen LogP contribution in [0.3, 0.4) is 0 Å². The summed E-state index contributed by atoms with van der Waals surface area (Å²) in [5.74, 6) is -0.154. The largest absolute Gasteiger partial charge is 0.494 e. The molecule has 1 aromatic rings. The number of nitrogens with one attached hydrogen (secondary N) is 1. The molecule has 6 nitrogen and oxygen atoms in total. The van der Waals surface area contributed by atoms with E-state index in [0.717, 1.165) is 23.1 Å². The van der Waals surface area contributed by atoms with Crippen LogP contribution in [0, 0.1) is 11.3 Å². The maximum Gasteiger partial charge on any atom is 0.316 e. The van der Waals surface area contributed by atoms with Crippen LogP contribution in [0.2, 0.25) is 0 Å². The summed E-state index contributed by atoms with van der Waals surface area (Å²) in [5, 5.41) is 12.6. The van der Waals surface area contributed by atoms with Crippen LogP contribution >= 0.6 is 11.8 Å². The Morgan fingerprint density at radius 3 is 2.71 bits per heavy atom. The van der Waals surface area contributed by atoms with Crippen LogP contribution in [-0.2, 0) is 14.3 Å². The zero-order valence-electron chi connectivity index (χ0n) is 13.5. The predicted octanol–water partition coefficient (Wildman–Crippen LogP) is 2.33. The molecule has 0 spiro atoms. The molecule has 0 fully saturated rings. The van der Waals surface area contributed by atoms with Gasteiger partial charge in [-0.25, -0.2) is 0 Å². The summed E-state index contributed by atoms with van der Waals surface area (Å²) in [6, 6.07) is 9.52. The number of carbonyl (C=O) groups excluding carboxylic acids is 2. The minimum absolute atomic E-state index is 0.0350. The van der Waals surface area contributed by atoms with Gasteiger partial charge >= 0.3 is 5.97 Å². The number of hydrogen-bond acceptors (Lipinski definition) is 6. The van der Waals surface area contributed by atoms with Gasteiger partial charge in [0, 0.05) is 12.3 Å².